The van der Waals surface area contributed by atoms with Crippen LogP contribution in [0, 0.1) is 11.8 Å². The molecule has 6 amide bonds. The van der Waals surface area contributed by atoms with Gasteiger partial charge in [-0.25, -0.2) is 14.7 Å². The Balaban J connectivity index is 1.52. The number of ether oxygens (including phenoxy) is 1. The smallest absolute Gasteiger partial charge is 0.409 e. The molecule has 3 rings (SSSR count). The van der Waals surface area contributed by atoms with E-state index >= 15 is 0 Å². The summed E-state index contributed by atoms with van der Waals surface area (Å²) in [4.78, 5) is 64.6. The van der Waals surface area contributed by atoms with E-state index in [1.807, 2.05) is 0 Å². The van der Waals surface area contributed by atoms with Gasteiger partial charge in [0.1, 0.15) is 6.04 Å². The summed E-state index contributed by atoms with van der Waals surface area (Å²) in [5.74, 6) is -1.34. The molecule has 12 heteroatoms. The summed E-state index contributed by atoms with van der Waals surface area (Å²) in [5, 5.41) is 15.4. The summed E-state index contributed by atoms with van der Waals surface area (Å²) >= 11 is 0. The number of piperidine rings is 1. The molecule has 2 saturated heterocycles. The highest BCUT2D eigenvalue weighted by Gasteiger charge is 2.41. The highest BCUT2D eigenvalue weighted by molar-refractivity contribution is 5.99. The molecule has 3 aliphatic rings. The first-order valence-electron chi connectivity index (χ1n) is 12.6. The molecule has 0 aromatic carbocycles. The van der Waals surface area contributed by atoms with Gasteiger partial charge in [0.05, 0.1) is 19.1 Å². The van der Waals surface area contributed by atoms with E-state index in [-0.39, 0.29) is 36.9 Å². The molecule has 0 aromatic rings. The van der Waals surface area contributed by atoms with Crippen LogP contribution in [0.3, 0.4) is 0 Å². The van der Waals surface area contributed by atoms with Crippen molar-refractivity contribution in [1.29, 1.82) is 0 Å². The summed E-state index contributed by atoms with van der Waals surface area (Å²) < 4.78 is 4.99. The van der Waals surface area contributed by atoms with Crippen LogP contribution >= 0.6 is 0 Å². The average molecular weight is 496 g/mol. The zero-order valence-corrected chi connectivity index (χ0v) is 20.3. The average Bonchev–Trinajstić information content (AvgIpc) is 3.55. The Morgan fingerprint density at radius 3 is 2.37 bits per heavy atom. The fourth-order valence-corrected chi connectivity index (χ4v) is 5.39. The van der Waals surface area contributed by atoms with Crippen molar-refractivity contribution in [2.45, 2.75) is 70.4 Å². The fourth-order valence-electron chi connectivity index (χ4n) is 5.39. The van der Waals surface area contributed by atoms with Crippen molar-refractivity contribution in [3.05, 3.63) is 0 Å². The van der Waals surface area contributed by atoms with Gasteiger partial charge >= 0.3 is 12.1 Å². The molecule has 0 radical (unpaired) electrons. The van der Waals surface area contributed by atoms with Crippen molar-refractivity contribution in [2.24, 2.45) is 11.8 Å². The van der Waals surface area contributed by atoms with Gasteiger partial charge in [-0.2, -0.15) is 0 Å². The number of hydroxylamine groups is 2. The Morgan fingerprint density at radius 2 is 1.74 bits per heavy atom. The van der Waals surface area contributed by atoms with Crippen molar-refractivity contribution in [3.8, 4) is 0 Å². The third kappa shape index (κ3) is 7.06. The molecule has 2 aliphatic heterocycles. The number of imide groups is 1. The van der Waals surface area contributed by atoms with Gasteiger partial charge in [-0.3, -0.25) is 24.9 Å². The van der Waals surface area contributed by atoms with Crippen LogP contribution in [0.15, 0.2) is 0 Å². The first-order chi connectivity index (χ1) is 16.8. The Morgan fingerprint density at radius 1 is 1.06 bits per heavy atom. The molecule has 1 aliphatic carbocycles. The second kappa shape index (κ2) is 12.7. The van der Waals surface area contributed by atoms with Crippen LogP contribution in [0.25, 0.3) is 0 Å². The number of carbonyl (C=O) groups excluding carboxylic acids is 5. The van der Waals surface area contributed by atoms with Gasteiger partial charge in [-0.05, 0) is 51.4 Å². The number of urea groups is 1. The Hall–Kier alpha value is -2.89. The number of likely N-dealkylation sites (tertiary alicyclic amines) is 2. The van der Waals surface area contributed by atoms with Crippen molar-refractivity contribution >= 4 is 30.3 Å². The van der Waals surface area contributed by atoms with Crippen LogP contribution in [0.1, 0.15) is 58.3 Å². The quantitative estimate of drug-likeness (QED) is 0.259. The lowest BCUT2D eigenvalue weighted by molar-refractivity contribution is -0.159. The van der Waals surface area contributed by atoms with E-state index in [4.69, 9.17) is 4.74 Å². The SMILES string of the molecule is CCOC(=O)N1CCC(NC(=O)NC(=O)[C@@H]2CCCN2C(=O)C(CN(O)C=O)C2CCCC2)CC1. The van der Waals surface area contributed by atoms with Gasteiger partial charge in [0, 0.05) is 25.7 Å². The van der Waals surface area contributed by atoms with Gasteiger partial charge in [0.2, 0.25) is 12.3 Å². The Labute approximate surface area is 205 Å². The largest absolute Gasteiger partial charge is 0.450 e. The molecule has 196 valence electrons. The van der Waals surface area contributed by atoms with Crippen LogP contribution in [0.2, 0.25) is 0 Å². The molecule has 12 nitrogen and oxygen atoms in total. The molecule has 3 fully saturated rings. The van der Waals surface area contributed by atoms with E-state index in [0.29, 0.717) is 57.0 Å². The van der Waals surface area contributed by atoms with Crippen molar-refractivity contribution in [3.63, 3.8) is 0 Å². The maximum absolute atomic E-state index is 13.4. The van der Waals surface area contributed by atoms with Crippen molar-refractivity contribution < 1.29 is 33.9 Å². The second-order valence-corrected chi connectivity index (χ2v) is 9.49. The van der Waals surface area contributed by atoms with Gasteiger partial charge < -0.3 is 19.9 Å². The first kappa shape index (κ1) is 26.7. The highest BCUT2D eigenvalue weighted by Crippen LogP contribution is 2.34. The van der Waals surface area contributed by atoms with Gasteiger partial charge in [0.15, 0.2) is 0 Å². The number of nitrogens with one attached hydrogen (secondary N) is 2. The van der Waals surface area contributed by atoms with Crippen molar-refractivity contribution in [2.75, 3.05) is 32.8 Å². The molecule has 1 unspecified atom stereocenters. The zero-order valence-electron chi connectivity index (χ0n) is 20.3. The third-order valence-corrected chi connectivity index (χ3v) is 7.22. The molecule has 3 N–H and O–H groups in total. The second-order valence-electron chi connectivity index (χ2n) is 9.49. The monoisotopic (exact) mass is 495 g/mol. The lowest BCUT2D eigenvalue weighted by Gasteiger charge is -2.32. The maximum atomic E-state index is 13.4. The van der Waals surface area contributed by atoms with E-state index in [1.165, 1.54) is 4.90 Å². The minimum atomic E-state index is -0.772. The lowest BCUT2D eigenvalue weighted by atomic mass is 9.89. The molecule has 0 aromatic heterocycles. The number of hydrogen-bond donors (Lipinski definition) is 3. The summed E-state index contributed by atoms with van der Waals surface area (Å²) in [5.41, 5.74) is 0. The molecule has 0 spiro atoms. The number of amides is 6. The number of carbonyl (C=O) groups is 5. The lowest BCUT2D eigenvalue weighted by Crippen LogP contribution is -2.55. The van der Waals surface area contributed by atoms with E-state index in [0.717, 1.165) is 25.7 Å². The normalized spacial score (nSPS) is 21.9. The van der Waals surface area contributed by atoms with Gasteiger partial charge in [0.25, 0.3) is 5.91 Å². The summed E-state index contributed by atoms with van der Waals surface area (Å²) in [6.45, 7) is 3.23. The van der Waals surface area contributed by atoms with Gasteiger partial charge in [-0.15, -0.1) is 0 Å². The van der Waals surface area contributed by atoms with Crippen LogP contribution in [0.4, 0.5) is 9.59 Å². The summed E-state index contributed by atoms with van der Waals surface area (Å²) in [6.07, 6.45) is 5.74. The highest BCUT2D eigenvalue weighted by atomic mass is 16.6. The molecule has 2 atom stereocenters. The topological polar surface area (TPSA) is 149 Å². The molecular formula is C23H37N5O7. The molecular weight excluding hydrogens is 458 g/mol. The molecule has 2 heterocycles. The Bertz CT molecular complexity index is 780. The minimum Gasteiger partial charge on any atom is -0.450 e. The first-order valence-corrected chi connectivity index (χ1v) is 12.6. The van der Waals surface area contributed by atoms with Crippen LogP contribution in [0.5, 0.6) is 0 Å². The summed E-state index contributed by atoms with van der Waals surface area (Å²) in [6, 6.07) is -1.58. The molecule has 1 saturated carbocycles. The Kier molecular flexibility index (Phi) is 9.70. The zero-order chi connectivity index (χ0) is 25.4. The molecule has 35 heavy (non-hydrogen) atoms. The number of nitrogens with zero attached hydrogens (tertiary/aromatic N) is 3. The predicted molar refractivity (Wildman–Crippen MR) is 123 cm³/mol. The number of hydrogen-bond acceptors (Lipinski definition) is 7. The van der Waals surface area contributed by atoms with E-state index in [2.05, 4.69) is 10.6 Å². The predicted octanol–water partition coefficient (Wildman–Crippen LogP) is 1.08. The van der Waals surface area contributed by atoms with Crippen LogP contribution in [-0.4, -0.2) is 95.3 Å². The van der Waals surface area contributed by atoms with Crippen molar-refractivity contribution in [1.82, 2.24) is 25.5 Å². The van der Waals surface area contributed by atoms with Crippen LogP contribution in [-0.2, 0) is 19.1 Å². The fraction of sp³-hybridized carbons (Fsp3) is 0.783. The van der Waals surface area contributed by atoms with E-state index in [9.17, 15) is 29.2 Å². The van der Waals surface area contributed by atoms with Crippen LogP contribution < -0.4 is 10.6 Å². The van der Waals surface area contributed by atoms with E-state index < -0.39 is 23.9 Å². The summed E-state index contributed by atoms with van der Waals surface area (Å²) in [7, 11) is 0. The minimum absolute atomic E-state index is 0.0465. The molecule has 0 bridgehead atoms. The third-order valence-electron chi connectivity index (χ3n) is 7.22. The number of rotatable bonds is 8. The van der Waals surface area contributed by atoms with E-state index in [1.54, 1.807) is 11.8 Å². The van der Waals surface area contributed by atoms with Gasteiger partial charge in [-0.1, -0.05) is 12.8 Å². The standard InChI is InChI=1S/C23H37N5O7/c1-2-35-23(33)26-12-9-17(10-13-26)24-22(32)25-20(30)19-8-5-11-28(19)21(31)18(14-27(34)15-29)16-6-3-4-7-16/h15-19,34H,2-14H2,1H3,(H2,24,25,30,32)/t18?,19-/m0/s1. The maximum Gasteiger partial charge on any atom is 0.409 e.